The minimum Gasteiger partial charge on any atom is -0.480 e. The van der Waals surface area contributed by atoms with Gasteiger partial charge in [0.25, 0.3) is 5.56 Å². The SMILES string of the molecule is COc1ccc(=O)n(CC(C)CNC(C)(C)C)n1. The summed E-state index contributed by atoms with van der Waals surface area (Å²) in [6, 6.07) is 3.06. The second kappa shape index (κ2) is 6.00. The lowest BCUT2D eigenvalue weighted by Crippen LogP contribution is -2.40. The molecule has 0 saturated carbocycles. The van der Waals surface area contributed by atoms with Crippen LogP contribution in [0.4, 0.5) is 0 Å². The zero-order valence-electron chi connectivity index (χ0n) is 11.9. The molecule has 0 aliphatic heterocycles. The van der Waals surface area contributed by atoms with Gasteiger partial charge in [0.15, 0.2) is 0 Å². The van der Waals surface area contributed by atoms with Crippen LogP contribution in [0.2, 0.25) is 0 Å². The molecule has 5 nitrogen and oxygen atoms in total. The molecule has 0 radical (unpaired) electrons. The van der Waals surface area contributed by atoms with Gasteiger partial charge in [-0.2, -0.15) is 0 Å². The highest BCUT2D eigenvalue weighted by Gasteiger charge is 2.12. The third kappa shape index (κ3) is 4.87. The van der Waals surface area contributed by atoms with Crippen molar-refractivity contribution in [3.63, 3.8) is 0 Å². The summed E-state index contributed by atoms with van der Waals surface area (Å²) in [7, 11) is 1.54. The molecule has 5 heteroatoms. The first-order valence-electron chi connectivity index (χ1n) is 6.19. The van der Waals surface area contributed by atoms with E-state index >= 15 is 0 Å². The van der Waals surface area contributed by atoms with E-state index in [9.17, 15) is 4.79 Å². The highest BCUT2D eigenvalue weighted by atomic mass is 16.5. The van der Waals surface area contributed by atoms with E-state index in [4.69, 9.17) is 4.74 Å². The molecule has 18 heavy (non-hydrogen) atoms. The van der Waals surface area contributed by atoms with Gasteiger partial charge < -0.3 is 10.1 Å². The molecule has 0 aliphatic carbocycles. The Morgan fingerprint density at radius 3 is 2.67 bits per heavy atom. The highest BCUT2D eigenvalue weighted by molar-refractivity contribution is 5.05. The smallest absolute Gasteiger partial charge is 0.266 e. The normalized spacial score (nSPS) is 13.4. The molecule has 0 aliphatic rings. The average molecular weight is 253 g/mol. The van der Waals surface area contributed by atoms with Gasteiger partial charge in [0.05, 0.1) is 7.11 Å². The molecule has 1 N–H and O–H groups in total. The van der Waals surface area contributed by atoms with Crippen LogP contribution in [0, 0.1) is 5.92 Å². The van der Waals surface area contributed by atoms with Gasteiger partial charge in [-0.25, -0.2) is 4.68 Å². The summed E-state index contributed by atoms with van der Waals surface area (Å²) < 4.78 is 6.47. The maximum Gasteiger partial charge on any atom is 0.266 e. The predicted octanol–water partition coefficient (Wildman–Crippen LogP) is 1.28. The van der Waals surface area contributed by atoms with Crippen molar-refractivity contribution in [1.29, 1.82) is 0 Å². The van der Waals surface area contributed by atoms with Crippen LogP contribution in [0.15, 0.2) is 16.9 Å². The third-order valence-electron chi connectivity index (χ3n) is 2.52. The number of nitrogens with one attached hydrogen (secondary N) is 1. The van der Waals surface area contributed by atoms with E-state index in [1.165, 1.54) is 10.7 Å². The Labute approximate surface area is 108 Å². The summed E-state index contributed by atoms with van der Waals surface area (Å²) >= 11 is 0. The summed E-state index contributed by atoms with van der Waals surface area (Å²) in [6.45, 7) is 9.88. The summed E-state index contributed by atoms with van der Waals surface area (Å²) in [6.07, 6.45) is 0. The van der Waals surface area contributed by atoms with Crippen molar-refractivity contribution >= 4 is 0 Å². The number of methoxy groups -OCH3 is 1. The number of nitrogens with zero attached hydrogens (tertiary/aromatic N) is 2. The zero-order chi connectivity index (χ0) is 13.8. The largest absolute Gasteiger partial charge is 0.480 e. The number of hydrogen-bond donors (Lipinski definition) is 1. The molecule has 0 amide bonds. The van der Waals surface area contributed by atoms with Crippen LogP contribution in [-0.4, -0.2) is 29.0 Å². The third-order valence-corrected chi connectivity index (χ3v) is 2.52. The molecule has 1 unspecified atom stereocenters. The summed E-state index contributed by atoms with van der Waals surface area (Å²) in [5.41, 5.74) is -0.0143. The number of ether oxygens (including phenoxy) is 1. The van der Waals surface area contributed by atoms with E-state index in [0.717, 1.165) is 6.54 Å². The fourth-order valence-electron chi connectivity index (χ4n) is 1.51. The number of hydrogen-bond acceptors (Lipinski definition) is 4. The van der Waals surface area contributed by atoms with E-state index in [1.54, 1.807) is 13.2 Å². The second-order valence-electron chi connectivity index (χ2n) is 5.63. The van der Waals surface area contributed by atoms with Gasteiger partial charge in [-0.15, -0.1) is 5.10 Å². The van der Waals surface area contributed by atoms with Crippen molar-refractivity contribution in [1.82, 2.24) is 15.1 Å². The second-order valence-corrected chi connectivity index (χ2v) is 5.63. The van der Waals surface area contributed by atoms with Crippen molar-refractivity contribution in [3.05, 3.63) is 22.5 Å². The van der Waals surface area contributed by atoms with Gasteiger partial charge in [-0.3, -0.25) is 4.79 Å². The van der Waals surface area contributed by atoms with Gasteiger partial charge in [0, 0.05) is 24.2 Å². The Bertz CT molecular complexity index is 435. The molecular formula is C13H23N3O2. The average Bonchev–Trinajstić information content (AvgIpc) is 2.28. The lowest BCUT2D eigenvalue weighted by molar-refractivity contribution is 0.331. The monoisotopic (exact) mass is 253 g/mol. The number of rotatable bonds is 5. The van der Waals surface area contributed by atoms with Crippen molar-refractivity contribution < 1.29 is 4.74 Å². The number of aromatic nitrogens is 2. The summed E-state index contributed by atoms with van der Waals surface area (Å²) in [5, 5.41) is 7.54. The van der Waals surface area contributed by atoms with E-state index in [0.29, 0.717) is 18.3 Å². The molecule has 1 heterocycles. The van der Waals surface area contributed by atoms with Gasteiger partial charge in [0.2, 0.25) is 5.88 Å². The lowest BCUT2D eigenvalue weighted by Gasteiger charge is -2.23. The fraction of sp³-hybridized carbons (Fsp3) is 0.692. The summed E-state index contributed by atoms with van der Waals surface area (Å²) in [5.74, 6) is 0.784. The molecule has 0 saturated heterocycles. The molecule has 102 valence electrons. The maximum absolute atomic E-state index is 11.6. The van der Waals surface area contributed by atoms with Gasteiger partial charge >= 0.3 is 0 Å². The molecule has 1 atom stereocenters. The van der Waals surface area contributed by atoms with Gasteiger partial charge in [-0.1, -0.05) is 6.92 Å². The van der Waals surface area contributed by atoms with Crippen LogP contribution in [0.1, 0.15) is 27.7 Å². The van der Waals surface area contributed by atoms with E-state index in [-0.39, 0.29) is 11.1 Å². The van der Waals surface area contributed by atoms with E-state index < -0.39 is 0 Å². The molecule has 1 aromatic heterocycles. The topological polar surface area (TPSA) is 56.1 Å². The van der Waals surface area contributed by atoms with Crippen LogP contribution in [0.3, 0.4) is 0 Å². The van der Waals surface area contributed by atoms with Crippen LogP contribution >= 0.6 is 0 Å². The minimum absolute atomic E-state index is 0.0844. The molecule has 0 aromatic carbocycles. The van der Waals surface area contributed by atoms with Crippen LogP contribution in [0.25, 0.3) is 0 Å². The molecule has 0 spiro atoms. The molecule has 1 aromatic rings. The van der Waals surface area contributed by atoms with Crippen LogP contribution in [0.5, 0.6) is 5.88 Å². The quantitative estimate of drug-likeness (QED) is 0.858. The van der Waals surface area contributed by atoms with Crippen LogP contribution in [-0.2, 0) is 6.54 Å². The molecule has 0 fully saturated rings. The molecular weight excluding hydrogens is 230 g/mol. The standard InChI is InChI=1S/C13H23N3O2/c1-10(8-14-13(2,3)4)9-16-12(17)7-6-11(15-16)18-5/h6-7,10,14H,8-9H2,1-5H3. The first kappa shape index (κ1) is 14.7. The van der Waals surface area contributed by atoms with Crippen LogP contribution < -0.4 is 15.6 Å². The maximum atomic E-state index is 11.6. The Kier molecular flexibility index (Phi) is 4.90. The Balaban J connectivity index is 2.64. The van der Waals surface area contributed by atoms with Gasteiger partial charge in [0.1, 0.15) is 0 Å². The first-order chi connectivity index (χ1) is 8.31. The van der Waals surface area contributed by atoms with Crippen molar-refractivity contribution in [2.45, 2.75) is 39.8 Å². The Hall–Kier alpha value is -1.36. The molecule has 0 bridgehead atoms. The lowest BCUT2D eigenvalue weighted by atomic mass is 10.1. The first-order valence-corrected chi connectivity index (χ1v) is 6.19. The van der Waals surface area contributed by atoms with Crippen molar-refractivity contribution in [2.75, 3.05) is 13.7 Å². The predicted molar refractivity (Wildman–Crippen MR) is 72.0 cm³/mol. The fourth-order valence-corrected chi connectivity index (χ4v) is 1.51. The Morgan fingerprint density at radius 2 is 2.11 bits per heavy atom. The van der Waals surface area contributed by atoms with Crippen molar-refractivity contribution in [3.8, 4) is 5.88 Å². The van der Waals surface area contributed by atoms with E-state index in [1.807, 2.05) is 0 Å². The van der Waals surface area contributed by atoms with Gasteiger partial charge in [-0.05, 0) is 33.2 Å². The summed E-state index contributed by atoms with van der Waals surface area (Å²) in [4.78, 5) is 11.6. The Morgan fingerprint density at radius 1 is 1.44 bits per heavy atom. The zero-order valence-corrected chi connectivity index (χ0v) is 11.9. The molecule has 1 rings (SSSR count). The highest BCUT2D eigenvalue weighted by Crippen LogP contribution is 2.04. The van der Waals surface area contributed by atoms with Crippen molar-refractivity contribution in [2.24, 2.45) is 5.92 Å². The van der Waals surface area contributed by atoms with E-state index in [2.05, 4.69) is 38.1 Å². The minimum atomic E-state index is -0.0987.